The van der Waals surface area contributed by atoms with E-state index in [9.17, 15) is 8.78 Å². The number of aryl methyl sites for hydroxylation is 2. The standard InChI is InChI=1S/C30H30F2N8/c1-3-19-9-20(16-40-8-6-30(31,32)17-40)11-22(10-19)23-12-24-27(38-39-28(24)35-15-23)29-36-18(2)26(37-29)25(13-33)21-5-4-7-34-14-21/h4-5,7,9-15,25,33H,3,6,8,16-17H2,1-2H3,(H,36,37)(H,35,38,39). The number of benzene rings is 1. The molecule has 0 spiro atoms. The lowest BCUT2D eigenvalue weighted by Crippen LogP contribution is -2.24. The fraction of sp³-hybridized carbons (Fsp3) is 0.300. The lowest BCUT2D eigenvalue weighted by Gasteiger charge is -2.17. The van der Waals surface area contributed by atoms with Crippen LogP contribution in [0, 0.1) is 12.3 Å². The van der Waals surface area contributed by atoms with Crippen LogP contribution in [0.4, 0.5) is 8.78 Å². The topological polar surface area (TPSA) is 110 Å². The van der Waals surface area contributed by atoms with Crippen LogP contribution in [0.3, 0.4) is 0 Å². The SMILES string of the molecule is CCc1cc(CN2CCC(F)(F)C2)cc(-c2cnc3n[nH]c(-c4nc(C(C=N)c5cccnc5)c(C)[nH]4)c3c2)c1. The maximum Gasteiger partial charge on any atom is 0.261 e. The molecule has 1 aliphatic rings. The van der Waals surface area contributed by atoms with E-state index in [1.165, 1.54) is 6.21 Å². The predicted octanol–water partition coefficient (Wildman–Crippen LogP) is 5.90. The van der Waals surface area contributed by atoms with Crippen molar-refractivity contribution < 1.29 is 8.78 Å². The van der Waals surface area contributed by atoms with E-state index in [-0.39, 0.29) is 18.9 Å². The van der Waals surface area contributed by atoms with Crippen molar-refractivity contribution in [2.45, 2.75) is 45.1 Å². The number of pyridine rings is 2. The molecule has 1 saturated heterocycles. The first kappa shape index (κ1) is 25.9. The Morgan fingerprint density at radius 2 is 2.00 bits per heavy atom. The summed E-state index contributed by atoms with van der Waals surface area (Å²) in [5, 5.41) is 16.3. The van der Waals surface area contributed by atoms with Crippen LogP contribution in [0.2, 0.25) is 0 Å². The Morgan fingerprint density at radius 1 is 1.15 bits per heavy atom. The van der Waals surface area contributed by atoms with E-state index in [1.54, 1.807) is 18.6 Å². The van der Waals surface area contributed by atoms with Crippen LogP contribution in [-0.2, 0) is 13.0 Å². The van der Waals surface area contributed by atoms with Gasteiger partial charge in [0, 0.05) is 55.6 Å². The van der Waals surface area contributed by atoms with Gasteiger partial charge in [-0.15, -0.1) is 0 Å². The predicted molar refractivity (Wildman–Crippen MR) is 151 cm³/mol. The summed E-state index contributed by atoms with van der Waals surface area (Å²) in [6.45, 7) is 4.72. The molecule has 5 aromatic rings. The van der Waals surface area contributed by atoms with Crippen LogP contribution in [0.25, 0.3) is 33.7 Å². The van der Waals surface area contributed by atoms with Crippen molar-refractivity contribution in [2.75, 3.05) is 13.1 Å². The fourth-order valence-electron chi connectivity index (χ4n) is 5.45. The third kappa shape index (κ3) is 5.02. The summed E-state index contributed by atoms with van der Waals surface area (Å²) in [5.41, 5.74) is 7.82. The number of hydrogen-bond acceptors (Lipinski definition) is 6. The summed E-state index contributed by atoms with van der Waals surface area (Å²) in [5.74, 6) is -2.33. The van der Waals surface area contributed by atoms with Gasteiger partial charge in [0.2, 0.25) is 0 Å². The van der Waals surface area contributed by atoms with Gasteiger partial charge in [-0.1, -0.05) is 25.1 Å². The van der Waals surface area contributed by atoms with E-state index in [0.29, 0.717) is 30.3 Å². The number of fused-ring (bicyclic) bond motifs is 1. The molecule has 0 aliphatic carbocycles. The molecule has 204 valence electrons. The van der Waals surface area contributed by atoms with Gasteiger partial charge in [-0.25, -0.2) is 18.7 Å². The van der Waals surface area contributed by atoms with E-state index >= 15 is 0 Å². The number of nitrogens with one attached hydrogen (secondary N) is 3. The molecule has 8 nitrogen and oxygen atoms in total. The van der Waals surface area contributed by atoms with Crippen molar-refractivity contribution in [1.29, 1.82) is 5.41 Å². The molecule has 3 N–H and O–H groups in total. The molecule has 1 unspecified atom stereocenters. The van der Waals surface area contributed by atoms with Crippen LogP contribution in [0.1, 0.15) is 47.3 Å². The molecule has 5 heterocycles. The van der Waals surface area contributed by atoms with Gasteiger partial charge < -0.3 is 10.4 Å². The minimum Gasteiger partial charge on any atom is -0.341 e. The quantitative estimate of drug-likeness (QED) is 0.212. The van der Waals surface area contributed by atoms with Gasteiger partial charge in [0.15, 0.2) is 11.5 Å². The Hall–Kier alpha value is -4.31. The zero-order valence-corrected chi connectivity index (χ0v) is 22.4. The highest BCUT2D eigenvalue weighted by Crippen LogP contribution is 2.33. The number of aromatic amines is 2. The number of nitrogens with zero attached hydrogens (tertiary/aromatic N) is 5. The van der Waals surface area contributed by atoms with Gasteiger partial charge in [-0.3, -0.25) is 15.0 Å². The minimum atomic E-state index is -2.61. The summed E-state index contributed by atoms with van der Waals surface area (Å²) < 4.78 is 27.6. The molecule has 0 radical (unpaired) electrons. The fourth-order valence-corrected chi connectivity index (χ4v) is 5.45. The number of aromatic nitrogens is 6. The molecule has 1 atom stereocenters. The second kappa shape index (κ2) is 10.3. The zero-order chi connectivity index (χ0) is 27.9. The van der Waals surface area contributed by atoms with Gasteiger partial charge in [-0.2, -0.15) is 5.10 Å². The van der Waals surface area contributed by atoms with E-state index < -0.39 is 5.92 Å². The van der Waals surface area contributed by atoms with Crippen LogP contribution in [0.5, 0.6) is 0 Å². The average Bonchev–Trinajstić information content (AvgIpc) is 3.65. The Morgan fingerprint density at radius 3 is 2.73 bits per heavy atom. The Bertz CT molecular complexity index is 1670. The molecule has 1 aromatic carbocycles. The van der Waals surface area contributed by atoms with Crippen molar-refractivity contribution in [1.82, 2.24) is 35.0 Å². The number of alkyl halides is 2. The van der Waals surface area contributed by atoms with Crippen LogP contribution >= 0.6 is 0 Å². The monoisotopic (exact) mass is 540 g/mol. The summed E-state index contributed by atoms with van der Waals surface area (Å²) in [7, 11) is 0. The van der Waals surface area contributed by atoms with Gasteiger partial charge in [0.25, 0.3) is 5.92 Å². The van der Waals surface area contributed by atoms with Gasteiger partial charge in [-0.05, 0) is 53.8 Å². The number of rotatable bonds is 8. The Balaban J connectivity index is 1.35. The van der Waals surface area contributed by atoms with Gasteiger partial charge in [0.05, 0.1) is 23.5 Å². The molecule has 6 rings (SSSR count). The van der Waals surface area contributed by atoms with Crippen molar-refractivity contribution >= 4 is 17.2 Å². The lowest BCUT2D eigenvalue weighted by molar-refractivity contribution is 0.0115. The highest BCUT2D eigenvalue weighted by atomic mass is 19.3. The largest absolute Gasteiger partial charge is 0.341 e. The maximum atomic E-state index is 13.8. The van der Waals surface area contributed by atoms with E-state index in [0.717, 1.165) is 51.0 Å². The minimum absolute atomic E-state index is 0.0893. The molecule has 0 bridgehead atoms. The highest BCUT2D eigenvalue weighted by molar-refractivity contribution is 5.92. The summed E-state index contributed by atoms with van der Waals surface area (Å²) in [6, 6.07) is 12.1. The Kier molecular flexibility index (Phi) is 6.71. The number of likely N-dealkylation sites (tertiary alicyclic amines) is 1. The molecular weight excluding hydrogens is 510 g/mol. The number of halogens is 2. The summed E-state index contributed by atoms with van der Waals surface area (Å²) in [4.78, 5) is 18.8. The summed E-state index contributed by atoms with van der Waals surface area (Å²) in [6.07, 6.45) is 7.37. The molecule has 10 heteroatoms. The number of imidazole rings is 1. The number of H-pyrrole nitrogens is 2. The third-order valence-corrected chi connectivity index (χ3v) is 7.52. The van der Waals surface area contributed by atoms with Crippen molar-refractivity contribution in [3.05, 3.63) is 83.1 Å². The van der Waals surface area contributed by atoms with Crippen molar-refractivity contribution in [3.8, 4) is 22.6 Å². The molecule has 40 heavy (non-hydrogen) atoms. The first-order valence-corrected chi connectivity index (χ1v) is 13.4. The molecule has 1 aliphatic heterocycles. The van der Waals surface area contributed by atoms with Gasteiger partial charge in [0.1, 0.15) is 5.69 Å². The van der Waals surface area contributed by atoms with Crippen LogP contribution < -0.4 is 0 Å². The summed E-state index contributed by atoms with van der Waals surface area (Å²) >= 11 is 0. The van der Waals surface area contributed by atoms with E-state index in [4.69, 9.17) is 10.4 Å². The van der Waals surface area contributed by atoms with Crippen LogP contribution in [0.15, 0.2) is 55.0 Å². The second-order valence-electron chi connectivity index (χ2n) is 10.4. The van der Waals surface area contributed by atoms with Crippen molar-refractivity contribution in [3.63, 3.8) is 0 Å². The van der Waals surface area contributed by atoms with E-state index in [2.05, 4.69) is 50.3 Å². The van der Waals surface area contributed by atoms with E-state index in [1.807, 2.05) is 30.0 Å². The van der Waals surface area contributed by atoms with Crippen molar-refractivity contribution in [2.24, 2.45) is 0 Å². The zero-order valence-electron chi connectivity index (χ0n) is 22.4. The van der Waals surface area contributed by atoms with Gasteiger partial charge >= 0.3 is 0 Å². The lowest BCUT2D eigenvalue weighted by atomic mass is 9.97. The second-order valence-corrected chi connectivity index (χ2v) is 10.4. The first-order valence-electron chi connectivity index (χ1n) is 13.4. The highest BCUT2D eigenvalue weighted by Gasteiger charge is 2.38. The molecule has 0 saturated carbocycles. The number of hydrogen-bond donors (Lipinski definition) is 3. The third-order valence-electron chi connectivity index (χ3n) is 7.52. The Labute approximate surface area is 230 Å². The molecule has 4 aromatic heterocycles. The first-order chi connectivity index (χ1) is 19.3. The maximum absolute atomic E-state index is 13.8. The molecular formula is C30H30F2N8. The smallest absolute Gasteiger partial charge is 0.261 e. The van der Waals surface area contributed by atoms with Crippen LogP contribution in [-0.4, -0.2) is 60.3 Å². The molecule has 1 fully saturated rings. The molecule has 0 amide bonds. The normalized spacial score (nSPS) is 16.0. The average molecular weight is 541 g/mol.